The zero-order valence-corrected chi connectivity index (χ0v) is 11.6. The molecular weight excluding hydrogens is 256 g/mol. The van der Waals surface area contributed by atoms with Crippen LogP contribution in [0.4, 0.5) is 0 Å². The fourth-order valence-corrected chi connectivity index (χ4v) is 3.13. The fraction of sp³-hybridized carbons (Fsp3) is 0.333. The summed E-state index contributed by atoms with van der Waals surface area (Å²) in [6, 6.07) is 12.5. The van der Waals surface area contributed by atoms with Crippen molar-refractivity contribution < 1.29 is 4.74 Å². The lowest BCUT2D eigenvalue weighted by Gasteiger charge is -2.22. The number of hydrogen-bond acceptors (Lipinski definition) is 4. The summed E-state index contributed by atoms with van der Waals surface area (Å²) in [5.41, 5.74) is 7.52. The van der Waals surface area contributed by atoms with Crippen molar-refractivity contribution in [3.8, 4) is 5.75 Å². The number of rotatable bonds is 3. The van der Waals surface area contributed by atoms with Gasteiger partial charge in [-0.05, 0) is 17.5 Å². The van der Waals surface area contributed by atoms with Gasteiger partial charge in [0.05, 0.1) is 6.04 Å². The van der Waals surface area contributed by atoms with E-state index >= 15 is 0 Å². The molecule has 0 amide bonds. The number of fused-ring (bicyclic) bond motifs is 1. The highest BCUT2D eigenvalue weighted by Gasteiger charge is 2.18. The van der Waals surface area contributed by atoms with Crippen molar-refractivity contribution in [1.82, 2.24) is 4.90 Å². The van der Waals surface area contributed by atoms with Crippen LogP contribution in [0.5, 0.6) is 5.75 Å². The minimum Gasteiger partial charge on any atom is -0.492 e. The van der Waals surface area contributed by atoms with Crippen LogP contribution in [0.3, 0.4) is 0 Å². The number of ether oxygens (including phenoxy) is 1. The van der Waals surface area contributed by atoms with Crippen molar-refractivity contribution in [3.63, 3.8) is 0 Å². The van der Waals surface area contributed by atoms with E-state index in [1.54, 1.807) is 11.3 Å². The molecule has 3 nitrogen and oxygen atoms in total. The average molecular weight is 274 g/mol. The monoisotopic (exact) mass is 274 g/mol. The lowest BCUT2D eigenvalue weighted by molar-refractivity contribution is 0.216. The molecule has 1 atom stereocenters. The lowest BCUT2D eigenvalue weighted by atomic mass is 10.1. The van der Waals surface area contributed by atoms with Crippen LogP contribution in [0.2, 0.25) is 0 Å². The summed E-state index contributed by atoms with van der Waals surface area (Å²) in [6.07, 6.45) is 0. The Morgan fingerprint density at radius 2 is 2.16 bits per heavy atom. The molecule has 1 unspecified atom stereocenters. The van der Waals surface area contributed by atoms with Crippen LogP contribution in [-0.4, -0.2) is 24.6 Å². The van der Waals surface area contributed by atoms with E-state index in [-0.39, 0.29) is 6.04 Å². The van der Waals surface area contributed by atoms with Crippen LogP contribution in [0, 0.1) is 0 Å². The molecule has 1 aromatic carbocycles. The summed E-state index contributed by atoms with van der Waals surface area (Å²) >= 11 is 1.73. The molecule has 1 aromatic heterocycles. The predicted octanol–water partition coefficient (Wildman–Crippen LogP) is 2.64. The van der Waals surface area contributed by atoms with Crippen LogP contribution in [-0.2, 0) is 6.54 Å². The van der Waals surface area contributed by atoms with E-state index in [1.165, 1.54) is 10.4 Å². The Morgan fingerprint density at radius 1 is 1.26 bits per heavy atom. The Hall–Kier alpha value is -1.36. The summed E-state index contributed by atoms with van der Waals surface area (Å²) in [5.74, 6) is 1.01. The normalized spacial score (nSPS) is 17.3. The summed E-state index contributed by atoms with van der Waals surface area (Å²) < 4.78 is 5.77. The molecule has 19 heavy (non-hydrogen) atoms. The zero-order chi connectivity index (χ0) is 13.1. The number of nitrogens with two attached hydrogens (primary N) is 1. The van der Waals surface area contributed by atoms with Gasteiger partial charge in [0.1, 0.15) is 12.4 Å². The van der Waals surface area contributed by atoms with E-state index < -0.39 is 0 Å². The van der Waals surface area contributed by atoms with Gasteiger partial charge in [-0.25, -0.2) is 0 Å². The van der Waals surface area contributed by atoms with E-state index in [2.05, 4.69) is 34.5 Å². The molecule has 2 aromatic rings. The topological polar surface area (TPSA) is 38.5 Å². The van der Waals surface area contributed by atoms with Gasteiger partial charge >= 0.3 is 0 Å². The third-order valence-corrected chi connectivity index (χ3v) is 4.40. The molecule has 1 aliphatic rings. The van der Waals surface area contributed by atoms with Crippen molar-refractivity contribution in [2.75, 3.05) is 19.7 Å². The van der Waals surface area contributed by atoms with E-state index in [0.717, 1.165) is 32.0 Å². The van der Waals surface area contributed by atoms with Gasteiger partial charge in [0, 0.05) is 30.1 Å². The molecular formula is C15H18N2OS. The van der Waals surface area contributed by atoms with Gasteiger partial charge < -0.3 is 10.5 Å². The first-order valence-electron chi connectivity index (χ1n) is 6.55. The van der Waals surface area contributed by atoms with E-state index in [1.807, 2.05) is 12.1 Å². The molecule has 1 aliphatic heterocycles. The second-order valence-corrected chi connectivity index (χ2v) is 5.79. The number of hydrogen-bond donors (Lipinski definition) is 1. The highest BCUT2D eigenvalue weighted by molar-refractivity contribution is 7.10. The van der Waals surface area contributed by atoms with E-state index in [0.29, 0.717) is 0 Å². The van der Waals surface area contributed by atoms with Crippen LogP contribution in [0.1, 0.15) is 16.5 Å². The third-order valence-electron chi connectivity index (χ3n) is 3.40. The SMILES string of the molecule is NC(CN1CCOc2ccccc2C1)c1cccs1. The van der Waals surface area contributed by atoms with Crippen LogP contribution in [0.25, 0.3) is 0 Å². The van der Waals surface area contributed by atoms with Gasteiger partial charge in [-0.1, -0.05) is 24.3 Å². The Bertz CT molecular complexity index is 527. The maximum atomic E-state index is 6.27. The highest BCUT2D eigenvalue weighted by Crippen LogP contribution is 2.24. The quantitative estimate of drug-likeness (QED) is 0.935. The van der Waals surface area contributed by atoms with Crippen molar-refractivity contribution in [1.29, 1.82) is 0 Å². The summed E-state index contributed by atoms with van der Waals surface area (Å²) in [4.78, 5) is 3.62. The molecule has 4 heteroatoms. The smallest absolute Gasteiger partial charge is 0.123 e. The summed E-state index contributed by atoms with van der Waals surface area (Å²) in [6.45, 7) is 3.44. The van der Waals surface area contributed by atoms with Gasteiger partial charge in [0.2, 0.25) is 0 Å². The molecule has 0 bridgehead atoms. The maximum Gasteiger partial charge on any atom is 0.123 e. The molecule has 0 saturated carbocycles. The summed E-state index contributed by atoms with van der Waals surface area (Å²) in [5, 5.41) is 2.08. The van der Waals surface area contributed by atoms with Gasteiger partial charge in [-0.15, -0.1) is 11.3 Å². The molecule has 0 radical (unpaired) electrons. The Kier molecular flexibility index (Phi) is 3.82. The first kappa shape index (κ1) is 12.7. The first-order chi connectivity index (χ1) is 9.33. The summed E-state index contributed by atoms with van der Waals surface area (Å²) in [7, 11) is 0. The molecule has 0 aliphatic carbocycles. The Balaban J connectivity index is 1.69. The van der Waals surface area contributed by atoms with E-state index in [4.69, 9.17) is 10.5 Å². The number of thiophene rings is 1. The number of para-hydroxylation sites is 1. The highest BCUT2D eigenvalue weighted by atomic mass is 32.1. The van der Waals surface area contributed by atoms with Crippen molar-refractivity contribution in [3.05, 3.63) is 52.2 Å². The first-order valence-corrected chi connectivity index (χ1v) is 7.43. The second-order valence-electron chi connectivity index (χ2n) is 4.81. The molecule has 3 rings (SSSR count). The van der Waals surface area contributed by atoms with Gasteiger partial charge in [-0.3, -0.25) is 4.90 Å². The molecule has 2 N–H and O–H groups in total. The molecule has 2 heterocycles. The van der Waals surface area contributed by atoms with Crippen molar-refractivity contribution >= 4 is 11.3 Å². The van der Waals surface area contributed by atoms with Gasteiger partial charge in [-0.2, -0.15) is 0 Å². The number of benzene rings is 1. The van der Waals surface area contributed by atoms with E-state index in [9.17, 15) is 0 Å². The Morgan fingerprint density at radius 3 is 3.00 bits per heavy atom. The zero-order valence-electron chi connectivity index (χ0n) is 10.8. The van der Waals surface area contributed by atoms with Crippen LogP contribution >= 0.6 is 11.3 Å². The lowest BCUT2D eigenvalue weighted by Crippen LogP contribution is -2.33. The molecule has 0 saturated heterocycles. The molecule has 0 spiro atoms. The standard InChI is InChI=1S/C15H18N2OS/c16-13(15-6-3-9-19-15)11-17-7-8-18-14-5-2-1-4-12(14)10-17/h1-6,9,13H,7-8,10-11,16H2. The average Bonchev–Trinajstić information content (AvgIpc) is 2.87. The van der Waals surface area contributed by atoms with Gasteiger partial charge in [0.15, 0.2) is 0 Å². The van der Waals surface area contributed by atoms with Crippen LogP contribution in [0.15, 0.2) is 41.8 Å². The van der Waals surface area contributed by atoms with Crippen molar-refractivity contribution in [2.45, 2.75) is 12.6 Å². The third kappa shape index (κ3) is 2.97. The maximum absolute atomic E-state index is 6.27. The largest absolute Gasteiger partial charge is 0.492 e. The minimum atomic E-state index is 0.0882. The minimum absolute atomic E-state index is 0.0882. The second kappa shape index (κ2) is 5.74. The molecule has 0 fully saturated rings. The molecule has 100 valence electrons. The van der Waals surface area contributed by atoms with Crippen LogP contribution < -0.4 is 10.5 Å². The van der Waals surface area contributed by atoms with Crippen molar-refractivity contribution in [2.24, 2.45) is 5.73 Å². The predicted molar refractivity (Wildman–Crippen MR) is 78.5 cm³/mol. The van der Waals surface area contributed by atoms with Gasteiger partial charge in [0.25, 0.3) is 0 Å². The fourth-order valence-electron chi connectivity index (χ4n) is 2.41. The number of nitrogens with zero attached hydrogens (tertiary/aromatic N) is 1. The Labute approximate surface area is 117 Å².